The summed E-state index contributed by atoms with van der Waals surface area (Å²) in [7, 11) is 0. The molecule has 3 aromatic rings. The number of anilines is 1. The number of hydrogen-bond acceptors (Lipinski definition) is 3. The quantitative estimate of drug-likeness (QED) is 0.370. The first-order valence-electron chi connectivity index (χ1n) is 9.53. The third-order valence-electron chi connectivity index (χ3n) is 4.68. The van der Waals surface area contributed by atoms with Crippen molar-refractivity contribution < 1.29 is 13.9 Å². The molecular formula is C25H20ClFN2O2. The first-order valence-corrected chi connectivity index (χ1v) is 9.90. The van der Waals surface area contributed by atoms with Crippen molar-refractivity contribution >= 4 is 29.3 Å². The predicted octanol–water partition coefficient (Wildman–Crippen LogP) is 6.22. The highest BCUT2D eigenvalue weighted by atomic mass is 35.5. The molecule has 3 aromatic carbocycles. The van der Waals surface area contributed by atoms with Gasteiger partial charge in [0.25, 0.3) is 5.91 Å². The van der Waals surface area contributed by atoms with Crippen LogP contribution in [0, 0.1) is 31.0 Å². The van der Waals surface area contributed by atoms with E-state index in [1.54, 1.807) is 36.4 Å². The second-order valence-corrected chi connectivity index (χ2v) is 7.46. The topological polar surface area (TPSA) is 62.1 Å². The molecule has 156 valence electrons. The van der Waals surface area contributed by atoms with Crippen LogP contribution in [-0.4, -0.2) is 5.91 Å². The summed E-state index contributed by atoms with van der Waals surface area (Å²) in [5.41, 5.74) is 3.75. The van der Waals surface area contributed by atoms with E-state index in [1.807, 2.05) is 32.0 Å². The highest BCUT2D eigenvalue weighted by molar-refractivity contribution is 6.30. The molecule has 6 heteroatoms. The Balaban J connectivity index is 1.83. The molecule has 0 spiro atoms. The Hall–Kier alpha value is -3.62. The molecule has 0 heterocycles. The van der Waals surface area contributed by atoms with Crippen LogP contribution in [0.1, 0.15) is 22.3 Å². The number of carbonyl (C=O) groups is 1. The van der Waals surface area contributed by atoms with Gasteiger partial charge in [0.15, 0.2) is 0 Å². The van der Waals surface area contributed by atoms with E-state index in [1.165, 1.54) is 18.2 Å². The molecule has 1 N–H and O–H groups in total. The zero-order valence-corrected chi connectivity index (χ0v) is 17.8. The van der Waals surface area contributed by atoms with Crippen molar-refractivity contribution in [3.63, 3.8) is 0 Å². The number of nitriles is 1. The van der Waals surface area contributed by atoms with Gasteiger partial charge in [0.1, 0.15) is 29.8 Å². The Kier molecular flexibility index (Phi) is 7.07. The zero-order chi connectivity index (χ0) is 22.4. The maximum absolute atomic E-state index is 13.4. The minimum atomic E-state index is -0.540. The van der Waals surface area contributed by atoms with E-state index in [-0.39, 0.29) is 18.0 Å². The summed E-state index contributed by atoms with van der Waals surface area (Å²) in [4.78, 5) is 12.6. The summed E-state index contributed by atoms with van der Waals surface area (Å²) in [6.07, 6.45) is 1.42. The molecule has 0 unspecified atom stereocenters. The van der Waals surface area contributed by atoms with Gasteiger partial charge >= 0.3 is 0 Å². The SMILES string of the molecule is Cc1ccc(NC(=O)/C(C#N)=C/c2cc(Cl)ccc2OCc2cccc(F)c2)cc1C. The van der Waals surface area contributed by atoms with Gasteiger partial charge < -0.3 is 10.1 Å². The molecule has 31 heavy (non-hydrogen) atoms. The molecule has 0 fully saturated rings. The second-order valence-electron chi connectivity index (χ2n) is 7.02. The van der Waals surface area contributed by atoms with Crippen LogP contribution in [0.5, 0.6) is 5.75 Å². The maximum Gasteiger partial charge on any atom is 0.266 e. The predicted molar refractivity (Wildman–Crippen MR) is 120 cm³/mol. The fraction of sp³-hybridized carbons (Fsp3) is 0.120. The normalized spacial score (nSPS) is 11.0. The van der Waals surface area contributed by atoms with Gasteiger partial charge in [-0.25, -0.2) is 4.39 Å². The lowest BCUT2D eigenvalue weighted by atomic mass is 10.1. The smallest absolute Gasteiger partial charge is 0.266 e. The largest absolute Gasteiger partial charge is 0.488 e. The van der Waals surface area contributed by atoms with Gasteiger partial charge in [0, 0.05) is 16.3 Å². The van der Waals surface area contributed by atoms with E-state index in [4.69, 9.17) is 16.3 Å². The Morgan fingerprint density at radius 1 is 1.13 bits per heavy atom. The van der Waals surface area contributed by atoms with Crippen LogP contribution < -0.4 is 10.1 Å². The number of amides is 1. The van der Waals surface area contributed by atoms with Crippen LogP contribution in [0.4, 0.5) is 10.1 Å². The van der Waals surface area contributed by atoms with Gasteiger partial charge in [-0.3, -0.25) is 4.79 Å². The summed E-state index contributed by atoms with van der Waals surface area (Å²) >= 11 is 6.11. The third-order valence-corrected chi connectivity index (χ3v) is 4.92. The van der Waals surface area contributed by atoms with E-state index in [0.29, 0.717) is 27.6 Å². The molecule has 0 aromatic heterocycles. The molecule has 0 saturated carbocycles. The van der Waals surface area contributed by atoms with Gasteiger partial charge in [0.05, 0.1) is 0 Å². The highest BCUT2D eigenvalue weighted by Crippen LogP contribution is 2.27. The van der Waals surface area contributed by atoms with E-state index in [2.05, 4.69) is 5.32 Å². The van der Waals surface area contributed by atoms with Gasteiger partial charge in [0.2, 0.25) is 0 Å². The van der Waals surface area contributed by atoms with Crippen LogP contribution in [0.15, 0.2) is 66.2 Å². The van der Waals surface area contributed by atoms with Gasteiger partial charge in [-0.2, -0.15) is 5.26 Å². The van der Waals surface area contributed by atoms with Crippen molar-refractivity contribution in [1.29, 1.82) is 5.26 Å². The van der Waals surface area contributed by atoms with Crippen LogP contribution in [0.3, 0.4) is 0 Å². The van der Waals surface area contributed by atoms with Crippen LogP contribution in [-0.2, 0) is 11.4 Å². The molecule has 0 aliphatic rings. The zero-order valence-electron chi connectivity index (χ0n) is 17.1. The lowest BCUT2D eigenvalue weighted by molar-refractivity contribution is -0.112. The Labute approximate surface area is 185 Å². The summed E-state index contributed by atoms with van der Waals surface area (Å²) < 4.78 is 19.2. The summed E-state index contributed by atoms with van der Waals surface area (Å²) in [6.45, 7) is 4.04. The minimum absolute atomic E-state index is 0.101. The molecule has 0 aliphatic heterocycles. The summed E-state index contributed by atoms with van der Waals surface area (Å²) in [5, 5.41) is 12.7. The van der Waals surface area contributed by atoms with Crippen molar-refractivity contribution in [3.05, 3.63) is 99.3 Å². The summed E-state index contributed by atoms with van der Waals surface area (Å²) in [5.74, 6) is -0.477. The molecular weight excluding hydrogens is 415 g/mol. The molecule has 3 rings (SSSR count). The number of aryl methyl sites for hydroxylation is 2. The van der Waals surface area contributed by atoms with Crippen LogP contribution in [0.25, 0.3) is 6.08 Å². The Morgan fingerprint density at radius 3 is 2.65 bits per heavy atom. The number of nitrogens with one attached hydrogen (secondary N) is 1. The standard InChI is InChI=1S/C25H20ClFN2O2/c1-16-6-8-23(10-17(16)2)29-25(30)20(14-28)12-19-13-21(26)7-9-24(19)31-15-18-4-3-5-22(27)11-18/h3-13H,15H2,1-2H3,(H,29,30)/b20-12+. The van der Waals surface area contributed by atoms with Crippen molar-refractivity contribution in [2.24, 2.45) is 0 Å². The fourth-order valence-corrected chi connectivity index (χ4v) is 3.05. The van der Waals surface area contributed by atoms with Crippen molar-refractivity contribution in [2.45, 2.75) is 20.5 Å². The molecule has 0 aliphatic carbocycles. The van der Waals surface area contributed by atoms with E-state index >= 15 is 0 Å². The van der Waals surface area contributed by atoms with Crippen molar-refractivity contribution in [2.75, 3.05) is 5.32 Å². The van der Waals surface area contributed by atoms with E-state index in [9.17, 15) is 14.4 Å². The van der Waals surface area contributed by atoms with Crippen molar-refractivity contribution in [3.8, 4) is 11.8 Å². The number of ether oxygens (including phenoxy) is 1. The number of rotatable bonds is 6. The van der Waals surface area contributed by atoms with Gasteiger partial charge in [-0.15, -0.1) is 0 Å². The summed E-state index contributed by atoms with van der Waals surface area (Å²) in [6, 6.07) is 18.4. The molecule has 0 bridgehead atoms. The first kappa shape index (κ1) is 22.1. The number of benzene rings is 3. The second kappa shape index (κ2) is 9.92. The van der Waals surface area contributed by atoms with Crippen LogP contribution in [0.2, 0.25) is 5.02 Å². The van der Waals surface area contributed by atoms with Gasteiger partial charge in [-0.05, 0) is 79.1 Å². The molecule has 0 atom stereocenters. The number of hydrogen-bond donors (Lipinski definition) is 1. The maximum atomic E-state index is 13.4. The minimum Gasteiger partial charge on any atom is -0.488 e. The Bertz CT molecular complexity index is 1200. The molecule has 0 saturated heterocycles. The number of halogens is 2. The van der Waals surface area contributed by atoms with Crippen molar-refractivity contribution in [1.82, 2.24) is 0 Å². The highest BCUT2D eigenvalue weighted by Gasteiger charge is 2.13. The molecule has 4 nitrogen and oxygen atoms in total. The lowest BCUT2D eigenvalue weighted by Gasteiger charge is -2.11. The Morgan fingerprint density at radius 2 is 1.94 bits per heavy atom. The third kappa shape index (κ3) is 5.94. The van der Waals surface area contributed by atoms with E-state index < -0.39 is 5.91 Å². The van der Waals surface area contributed by atoms with Gasteiger partial charge in [-0.1, -0.05) is 29.8 Å². The first-order chi connectivity index (χ1) is 14.9. The van der Waals surface area contributed by atoms with E-state index in [0.717, 1.165) is 11.1 Å². The number of carbonyl (C=O) groups excluding carboxylic acids is 1. The molecule has 1 amide bonds. The lowest BCUT2D eigenvalue weighted by Crippen LogP contribution is -2.13. The average Bonchev–Trinajstić information content (AvgIpc) is 2.74. The monoisotopic (exact) mass is 434 g/mol. The average molecular weight is 435 g/mol. The number of nitrogens with zero attached hydrogens (tertiary/aromatic N) is 1. The fourth-order valence-electron chi connectivity index (χ4n) is 2.87. The van der Waals surface area contributed by atoms with Crippen LogP contribution >= 0.6 is 11.6 Å². The molecule has 0 radical (unpaired) electrons.